The third-order valence-corrected chi connectivity index (χ3v) is 8.79. The van der Waals surface area contributed by atoms with Crippen molar-refractivity contribution in [2.24, 2.45) is 0 Å². The van der Waals surface area contributed by atoms with Crippen LogP contribution in [0.2, 0.25) is 0 Å². The molecule has 1 unspecified atom stereocenters. The van der Waals surface area contributed by atoms with Crippen molar-refractivity contribution in [2.45, 2.75) is 69.5 Å². The summed E-state index contributed by atoms with van der Waals surface area (Å²) in [6, 6.07) is 17.4. The quantitative estimate of drug-likeness (QED) is 0.171. The van der Waals surface area contributed by atoms with Crippen LogP contribution in [0.25, 0.3) is 10.8 Å². The minimum absolute atomic E-state index is 0.0423. The maximum Gasteiger partial charge on any atom is 0.258 e. The first-order chi connectivity index (χ1) is 23.0. The molecule has 3 aromatic carbocycles. The summed E-state index contributed by atoms with van der Waals surface area (Å²) in [5, 5.41) is 31.2. The fraction of sp³-hybridized carbons (Fsp3) is 0.429. The molecule has 264 valence electrons. The smallest absolute Gasteiger partial charge is 0.258 e. The van der Waals surface area contributed by atoms with E-state index in [1.807, 2.05) is 30.3 Å². The number of aliphatic hydroxyl groups excluding tert-OH is 2. The van der Waals surface area contributed by atoms with E-state index >= 15 is 0 Å². The van der Waals surface area contributed by atoms with E-state index in [2.05, 4.69) is 16.0 Å². The highest BCUT2D eigenvalue weighted by atomic mass is 32.2. The van der Waals surface area contributed by atoms with E-state index < -0.39 is 81.7 Å². The van der Waals surface area contributed by atoms with Crippen LogP contribution in [0.5, 0.6) is 5.75 Å². The highest BCUT2D eigenvalue weighted by Gasteiger charge is 2.43. The Kier molecular flexibility index (Phi) is 12.0. The molecule has 0 radical (unpaired) electrons. The summed E-state index contributed by atoms with van der Waals surface area (Å²) in [5.74, 6) is -3.49. The molecule has 1 aliphatic heterocycles. The van der Waals surface area contributed by atoms with E-state index in [0.717, 1.165) is 21.9 Å². The third kappa shape index (κ3) is 10.7. The van der Waals surface area contributed by atoms with Crippen molar-refractivity contribution in [3.63, 3.8) is 0 Å². The number of rotatable bonds is 13. The second-order valence-corrected chi connectivity index (χ2v) is 15.5. The second-order valence-electron chi connectivity index (χ2n) is 13.4. The molecule has 13 nitrogen and oxygen atoms in total. The van der Waals surface area contributed by atoms with Crippen LogP contribution < -0.4 is 20.7 Å². The lowest BCUT2D eigenvalue weighted by Crippen LogP contribution is -2.60. The van der Waals surface area contributed by atoms with Gasteiger partial charge in [0.2, 0.25) is 11.8 Å². The minimum atomic E-state index is -3.82. The second kappa shape index (κ2) is 15.8. The molecule has 5 N–H and O–H groups in total. The van der Waals surface area contributed by atoms with Crippen molar-refractivity contribution in [2.75, 3.05) is 25.2 Å². The first-order valence-electron chi connectivity index (χ1n) is 15.9. The van der Waals surface area contributed by atoms with Crippen LogP contribution in [-0.4, -0.2) is 108 Å². The Morgan fingerprint density at radius 2 is 1.61 bits per heavy atom. The van der Waals surface area contributed by atoms with Crippen LogP contribution in [0.3, 0.4) is 0 Å². The van der Waals surface area contributed by atoms with E-state index in [1.165, 1.54) is 0 Å². The Morgan fingerprint density at radius 1 is 0.959 bits per heavy atom. The minimum Gasteiger partial charge on any atom is -0.483 e. The highest BCUT2D eigenvalue weighted by Crippen LogP contribution is 2.25. The zero-order chi connectivity index (χ0) is 35.9. The summed E-state index contributed by atoms with van der Waals surface area (Å²) in [5.41, 5.74) is 0.0103. The van der Waals surface area contributed by atoms with Gasteiger partial charge in [0, 0.05) is 30.1 Å². The SMILES string of the molecule is CC(C)(C)NC(=O)[C@@H]1CC(O)CN1C(=O)[C@@H](O)[C@H](Cc1ccccc1)NC(=O)[C@H](CS(C)(=O)=O)NC(=O)COc1cccc2ccccc12. The lowest BCUT2D eigenvalue weighted by molar-refractivity contribution is -0.147. The number of fused-ring (bicyclic) bond motifs is 1. The number of β-amino-alcohol motifs (C(OH)–C–C–N with tert-alkyl or cyclic N) is 1. The molecule has 1 fully saturated rings. The van der Waals surface area contributed by atoms with Gasteiger partial charge in [0.25, 0.3) is 11.8 Å². The summed E-state index contributed by atoms with van der Waals surface area (Å²) < 4.78 is 30.4. The average Bonchev–Trinajstić information content (AvgIpc) is 3.43. The molecule has 1 heterocycles. The van der Waals surface area contributed by atoms with Gasteiger partial charge in [0.05, 0.1) is 17.9 Å². The Hall–Kier alpha value is -4.53. The lowest BCUT2D eigenvalue weighted by Gasteiger charge is -2.32. The first-order valence-corrected chi connectivity index (χ1v) is 18.0. The molecule has 0 spiro atoms. The topological polar surface area (TPSA) is 191 Å². The molecule has 3 aromatic rings. The molecule has 49 heavy (non-hydrogen) atoms. The Balaban J connectivity index is 1.53. The standard InChI is InChI=1S/C35H44N4O9S/c1-35(2,3)38-33(44)28-18-24(40)19-39(28)34(45)31(42)26(17-22-11-6-5-7-12-22)37-32(43)27(21-49(4,46)47)36-30(41)20-48-29-16-10-14-23-13-8-9-15-25(23)29/h5-16,24,26-28,31,40,42H,17-21H2,1-4H3,(H,36,41)(H,37,43)(H,38,44)/t24?,26-,27-,28-,31-/m0/s1. The van der Waals surface area contributed by atoms with Gasteiger partial charge in [-0.3, -0.25) is 19.2 Å². The predicted octanol–water partition coefficient (Wildman–Crippen LogP) is 0.713. The van der Waals surface area contributed by atoms with E-state index in [0.29, 0.717) is 11.3 Å². The van der Waals surface area contributed by atoms with Gasteiger partial charge in [-0.25, -0.2) is 8.42 Å². The number of nitrogens with zero attached hydrogens (tertiary/aromatic N) is 1. The summed E-state index contributed by atoms with van der Waals surface area (Å²) in [6.07, 6.45) is -2.10. The Labute approximate surface area is 285 Å². The van der Waals surface area contributed by atoms with Crippen LogP contribution in [0.4, 0.5) is 0 Å². The molecule has 0 bridgehead atoms. The largest absolute Gasteiger partial charge is 0.483 e. The molecule has 0 aliphatic carbocycles. The van der Waals surface area contributed by atoms with Gasteiger partial charge in [-0.15, -0.1) is 0 Å². The van der Waals surface area contributed by atoms with Crippen LogP contribution in [0.15, 0.2) is 72.8 Å². The normalized spacial score (nSPS) is 18.3. The number of amides is 4. The number of hydrogen-bond donors (Lipinski definition) is 5. The molecule has 4 rings (SSSR count). The Morgan fingerprint density at radius 3 is 2.29 bits per heavy atom. The number of aliphatic hydroxyl groups is 2. The van der Waals surface area contributed by atoms with Crippen molar-refractivity contribution in [1.82, 2.24) is 20.9 Å². The Bertz CT molecular complexity index is 1760. The predicted molar refractivity (Wildman–Crippen MR) is 183 cm³/mol. The number of likely N-dealkylation sites (tertiary alicyclic amines) is 1. The van der Waals surface area contributed by atoms with Crippen LogP contribution in [0.1, 0.15) is 32.8 Å². The number of carbonyl (C=O) groups is 4. The molecular formula is C35H44N4O9S. The van der Waals surface area contributed by atoms with Crippen molar-refractivity contribution in [3.05, 3.63) is 78.4 Å². The van der Waals surface area contributed by atoms with E-state index in [9.17, 15) is 37.8 Å². The zero-order valence-corrected chi connectivity index (χ0v) is 28.8. The van der Waals surface area contributed by atoms with Gasteiger partial charge in [-0.2, -0.15) is 0 Å². The van der Waals surface area contributed by atoms with Crippen LogP contribution >= 0.6 is 0 Å². The van der Waals surface area contributed by atoms with Gasteiger partial charge in [-0.1, -0.05) is 66.7 Å². The maximum absolute atomic E-state index is 13.7. The number of ether oxygens (including phenoxy) is 1. The van der Waals surface area contributed by atoms with Crippen LogP contribution in [0, 0.1) is 0 Å². The van der Waals surface area contributed by atoms with Crippen molar-refractivity contribution in [3.8, 4) is 5.75 Å². The maximum atomic E-state index is 13.7. The van der Waals surface area contributed by atoms with E-state index in [4.69, 9.17) is 4.74 Å². The van der Waals surface area contributed by atoms with Crippen molar-refractivity contribution in [1.29, 1.82) is 0 Å². The molecule has 1 aliphatic rings. The summed E-state index contributed by atoms with van der Waals surface area (Å²) >= 11 is 0. The molecule has 14 heteroatoms. The molecule has 0 saturated carbocycles. The number of benzene rings is 3. The first kappa shape index (κ1) is 37.3. The van der Waals surface area contributed by atoms with E-state index in [-0.39, 0.29) is 19.4 Å². The third-order valence-electron chi connectivity index (χ3n) is 7.85. The fourth-order valence-electron chi connectivity index (χ4n) is 5.68. The van der Waals surface area contributed by atoms with Crippen LogP contribution in [-0.2, 0) is 35.4 Å². The number of hydrogen-bond acceptors (Lipinski definition) is 9. The monoisotopic (exact) mass is 696 g/mol. The van der Waals surface area contributed by atoms with Crippen molar-refractivity contribution < 1.29 is 42.5 Å². The number of sulfone groups is 1. The van der Waals surface area contributed by atoms with Gasteiger partial charge in [0.15, 0.2) is 12.7 Å². The molecule has 4 amide bonds. The van der Waals surface area contributed by atoms with Gasteiger partial charge in [0.1, 0.15) is 27.7 Å². The molecule has 0 aromatic heterocycles. The highest BCUT2D eigenvalue weighted by molar-refractivity contribution is 7.90. The summed E-state index contributed by atoms with van der Waals surface area (Å²) in [4.78, 5) is 54.5. The fourth-order valence-corrected chi connectivity index (χ4v) is 6.52. The van der Waals surface area contributed by atoms with Gasteiger partial charge < -0.3 is 35.8 Å². The van der Waals surface area contributed by atoms with Gasteiger partial charge in [-0.05, 0) is 44.2 Å². The van der Waals surface area contributed by atoms with Gasteiger partial charge >= 0.3 is 0 Å². The number of carbonyl (C=O) groups excluding carboxylic acids is 4. The zero-order valence-electron chi connectivity index (χ0n) is 28.0. The average molecular weight is 697 g/mol. The lowest BCUT2D eigenvalue weighted by atomic mass is 9.99. The molecular weight excluding hydrogens is 652 g/mol. The summed E-state index contributed by atoms with van der Waals surface area (Å²) in [7, 11) is -3.82. The molecule has 5 atom stereocenters. The number of nitrogens with one attached hydrogen (secondary N) is 3. The summed E-state index contributed by atoms with van der Waals surface area (Å²) in [6.45, 7) is 4.57. The van der Waals surface area contributed by atoms with Crippen molar-refractivity contribution >= 4 is 44.2 Å². The molecule has 1 saturated heterocycles. The van der Waals surface area contributed by atoms with E-state index in [1.54, 1.807) is 63.2 Å².